The van der Waals surface area contributed by atoms with Crippen molar-refractivity contribution < 1.29 is 19.1 Å². The quantitative estimate of drug-likeness (QED) is 0.789. The minimum atomic E-state index is -0.542. The maximum absolute atomic E-state index is 12.4. The number of carbonyl (C=O) groups is 2. The van der Waals surface area contributed by atoms with E-state index in [4.69, 9.17) is 9.47 Å². The minimum absolute atomic E-state index is 0.0770. The van der Waals surface area contributed by atoms with E-state index in [0.29, 0.717) is 12.2 Å². The van der Waals surface area contributed by atoms with Gasteiger partial charge < -0.3 is 14.4 Å². The predicted molar refractivity (Wildman–Crippen MR) is 101 cm³/mol. The van der Waals surface area contributed by atoms with Crippen LogP contribution in [0.25, 0.3) is 0 Å². The van der Waals surface area contributed by atoms with Gasteiger partial charge in [0, 0.05) is 24.2 Å². The van der Waals surface area contributed by atoms with Crippen LogP contribution in [0.2, 0.25) is 0 Å². The van der Waals surface area contributed by atoms with Crippen molar-refractivity contribution in [1.29, 1.82) is 0 Å². The molecule has 0 spiro atoms. The second-order valence-electron chi connectivity index (χ2n) is 7.37. The summed E-state index contributed by atoms with van der Waals surface area (Å²) in [7, 11) is 0. The van der Waals surface area contributed by atoms with Gasteiger partial charge in [0.15, 0.2) is 0 Å². The third-order valence-electron chi connectivity index (χ3n) is 4.15. The SMILES string of the molecule is C=C[C@H](COC(=O)Nc1ccccc1)[C@@H]1CCCN1C(=O)OC(C)(C)C. The second-order valence-corrected chi connectivity index (χ2v) is 7.37. The number of ether oxygens (including phenoxy) is 2. The van der Waals surface area contributed by atoms with Crippen LogP contribution >= 0.6 is 0 Å². The summed E-state index contributed by atoms with van der Waals surface area (Å²) in [6.07, 6.45) is 2.61. The fraction of sp³-hybridized carbons (Fsp3) is 0.500. The highest BCUT2D eigenvalue weighted by atomic mass is 16.6. The summed E-state index contributed by atoms with van der Waals surface area (Å²) in [6.45, 7) is 10.2. The maximum Gasteiger partial charge on any atom is 0.411 e. The van der Waals surface area contributed by atoms with E-state index in [0.717, 1.165) is 12.8 Å². The molecule has 1 saturated heterocycles. The first kappa shape index (κ1) is 19.8. The van der Waals surface area contributed by atoms with Crippen molar-refractivity contribution in [3.63, 3.8) is 0 Å². The Bertz CT molecular complexity index is 624. The highest BCUT2D eigenvalue weighted by molar-refractivity contribution is 5.84. The Balaban J connectivity index is 1.91. The Labute approximate surface area is 155 Å². The van der Waals surface area contributed by atoms with Crippen molar-refractivity contribution in [2.45, 2.75) is 45.3 Å². The molecule has 1 aromatic carbocycles. The summed E-state index contributed by atoms with van der Waals surface area (Å²) < 4.78 is 10.8. The van der Waals surface area contributed by atoms with Gasteiger partial charge in [-0.25, -0.2) is 9.59 Å². The number of anilines is 1. The summed E-state index contributed by atoms with van der Waals surface area (Å²) in [5.74, 6) is -0.147. The van der Waals surface area contributed by atoms with Crippen LogP contribution in [0.3, 0.4) is 0 Å². The highest BCUT2D eigenvalue weighted by Gasteiger charge is 2.36. The van der Waals surface area contributed by atoms with Crippen LogP contribution in [0, 0.1) is 5.92 Å². The number of carbonyl (C=O) groups excluding carboxylic acids is 2. The van der Waals surface area contributed by atoms with Gasteiger partial charge in [-0.3, -0.25) is 5.32 Å². The normalized spacial score (nSPS) is 18.1. The van der Waals surface area contributed by atoms with Gasteiger partial charge in [0.2, 0.25) is 0 Å². The van der Waals surface area contributed by atoms with Crippen LogP contribution in [0.4, 0.5) is 15.3 Å². The average Bonchev–Trinajstić information content (AvgIpc) is 3.04. The first-order valence-corrected chi connectivity index (χ1v) is 8.91. The van der Waals surface area contributed by atoms with E-state index in [1.165, 1.54) is 0 Å². The van der Waals surface area contributed by atoms with Crippen molar-refractivity contribution in [3.05, 3.63) is 43.0 Å². The van der Waals surface area contributed by atoms with Gasteiger partial charge in [0.25, 0.3) is 0 Å². The van der Waals surface area contributed by atoms with Crippen molar-refractivity contribution in [2.24, 2.45) is 5.92 Å². The Hall–Kier alpha value is -2.50. The zero-order chi connectivity index (χ0) is 19.2. The van der Waals surface area contributed by atoms with Crippen LogP contribution in [0.15, 0.2) is 43.0 Å². The van der Waals surface area contributed by atoms with Crippen molar-refractivity contribution in [3.8, 4) is 0 Å². The van der Waals surface area contributed by atoms with Crippen molar-refractivity contribution in [2.75, 3.05) is 18.5 Å². The van der Waals surface area contributed by atoms with Gasteiger partial charge >= 0.3 is 12.2 Å². The van der Waals surface area contributed by atoms with E-state index < -0.39 is 11.7 Å². The summed E-state index contributed by atoms with van der Waals surface area (Å²) >= 11 is 0. The first-order valence-electron chi connectivity index (χ1n) is 8.91. The van der Waals surface area contributed by atoms with E-state index in [2.05, 4.69) is 11.9 Å². The Kier molecular flexibility index (Phi) is 6.66. The molecular weight excluding hydrogens is 332 g/mol. The molecule has 1 aliphatic rings. The molecule has 1 heterocycles. The fourth-order valence-corrected chi connectivity index (χ4v) is 2.97. The molecule has 2 amide bonds. The highest BCUT2D eigenvalue weighted by Crippen LogP contribution is 2.27. The number of amides is 2. The molecule has 1 aliphatic heterocycles. The molecule has 26 heavy (non-hydrogen) atoms. The molecule has 0 aliphatic carbocycles. The molecule has 2 rings (SSSR count). The summed E-state index contributed by atoms with van der Waals surface area (Å²) in [5, 5.41) is 2.68. The summed E-state index contributed by atoms with van der Waals surface area (Å²) in [6, 6.07) is 9.03. The maximum atomic E-state index is 12.4. The summed E-state index contributed by atoms with van der Waals surface area (Å²) in [5.41, 5.74) is 0.129. The predicted octanol–water partition coefficient (Wildman–Crippen LogP) is 4.44. The van der Waals surface area contributed by atoms with Crippen LogP contribution in [0.1, 0.15) is 33.6 Å². The average molecular weight is 360 g/mol. The number of hydrogen-bond acceptors (Lipinski definition) is 4. The third kappa shape index (κ3) is 5.79. The number of likely N-dealkylation sites (tertiary alicyclic amines) is 1. The molecule has 0 radical (unpaired) electrons. The molecule has 1 fully saturated rings. The van der Waals surface area contributed by atoms with E-state index in [1.807, 2.05) is 39.0 Å². The minimum Gasteiger partial charge on any atom is -0.449 e. The lowest BCUT2D eigenvalue weighted by molar-refractivity contribution is 0.0169. The van der Waals surface area contributed by atoms with E-state index >= 15 is 0 Å². The lowest BCUT2D eigenvalue weighted by Crippen LogP contribution is -2.43. The first-order chi connectivity index (χ1) is 12.3. The standard InChI is InChI=1S/C20H28N2O4/c1-5-15(14-25-18(23)21-16-10-7-6-8-11-16)17-12-9-13-22(17)19(24)26-20(2,3)4/h5-8,10-11,15,17H,1,9,12-14H2,2-4H3,(H,21,23)/t15-,17+/m1/s1. The second kappa shape index (κ2) is 8.74. The van der Waals surface area contributed by atoms with Crippen LogP contribution in [-0.2, 0) is 9.47 Å². The van der Waals surface area contributed by atoms with Crippen molar-refractivity contribution in [1.82, 2.24) is 4.90 Å². The van der Waals surface area contributed by atoms with Gasteiger partial charge in [0.05, 0.1) is 0 Å². The van der Waals surface area contributed by atoms with Gasteiger partial charge in [0.1, 0.15) is 12.2 Å². The molecular formula is C20H28N2O4. The van der Waals surface area contributed by atoms with Crippen LogP contribution in [0.5, 0.6) is 0 Å². The zero-order valence-corrected chi connectivity index (χ0v) is 15.7. The molecule has 6 nitrogen and oxygen atoms in total. The number of para-hydroxylation sites is 1. The molecule has 6 heteroatoms. The number of hydrogen-bond donors (Lipinski definition) is 1. The van der Waals surface area contributed by atoms with Crippen molar-refractivity contribution >= 4 is 17.9 Å². The molecule has 1 N–H and O–H groups in total. The molecule has 2 atom stereocenters. The van der Waals surface area contributed by atoms with Crippen LogP contribution in [-0.4, -0.2) is 41.9 Å². The number of nitrogens with one attached hydrogen (secondary N) is 1. The zero-order valence-electron chi connectivity index (χ0n) is 15.7. The van der Waals surface area contributed by atoms with Crippen LogP contribution < -0.4 is 5.32 Å². The van der Waals surface area contributed by atoms with E-state index in [9.17, 15) is 9.59 Å². The Morgan fingerprint density at radius 1 is 1.35 bits per heavy atom. The molecule has 1 aromatic rings. The smallest absolute Gasteiger partial charge is 0.411 e. The molecule has 0 saturated carbocycles. The lowest BCUT2D eigenvalue weighted by Gasteiger charge is -2.31. The topological polar surface area (TPSA) is 67.9 Å². The fourth-order valence-electron chi connectivity index (χ4n) is 2.97. The number of nitrogens with zero attached hydrogens (tertiary/aromatic N) is 1. The van der Waals surface area contributed by atoms with Gasteiger partial charge in [-0.15, -0.1) is 6.58 Å². The lowest BCUT2D eigenvalue weighted by atomic mass is 9.98. The third-order valence-corrected chi connectivity index (χ3v) is 4.15. The largest absolute Gasteiger partial charge is 0.449 e. The number of benzene rings is 1. The van der Waals surface area contributed by atoms with E-state index in [1.54, 1.807) is 23.1 Å². The summed E-state index contributed by atoms with van der Waals surface area (Å²) in [4.78, 5) is 26.1. The number of rotatable bonds is 5. The molecule has 0 unspecified atom stereocenters. The van der Waals surface area contributed by atoms with Gasteiger partial charge in [-0.2, -0.15) is 0 Å². The Morgan fingerprint density at radius 3 is 2.65 bits per heavy atom. The van der Waals surface area contributed by atoms with E-state index in [-0.39, 0.29) is 24.7 Å². The van der Waals surface area contributed by atoms with Gasteiger partial charge in [-0.1, -0.05) is 24.3 Å². The monoisotopic (exact) mass is 360 g/mol. The molecule has 142 valence electrons. The molecule has 0 bridgehead atoms. The molecule has 0 aromatic heterocycles. The van der Waals surface area contributed by atoms with Gasteiger partial charge in [-0.05, 0) is 45.7 Å². The Morgan fingerprint density at radius 2 is 2.04 bits per heavy atom.